The van der Waals surface area contributed by atoms with Crippen LogP contribution in [0.3, 0.4) is 0 Å². The maximum absolute atomic E-state index is 12.3. The number of rotatable bonds is 4. The molecule has 1 aromatic rings. The molecule has 2 heterocycles. The quantitative estimate of drug-likeness (QED) is 0.918. The summed E-state index contributed by atoms with van der Waals surface area (Å²) in [7, 11) is 3.30. The van der Waals surface area contributed by atoms with Gasteiger partial charge in [0, 0.05) is 19.6 Å². The van der Waals surface area contributed by atoms with Crippen LogP contribution in [0.4, 0.5) is 0 Å². The molecule has 1 saturated carbocycles. The van der Waals surface area contributed by atoms with E-state index in [0.717, 1.165) is 43.2 Å². The molecule has 0 aromatic heterocycles. The Labute approximate surface area is 143 Å². The lowest BCUT2D eigenvalue weighted by Crippen LogP contribution is -2.56. The number of likely N-dealkylation sites (tertiary alicyclic amines) is 1. The van der Waals surface area contributed by atoms with Gasteiger partial charge in [-0.15, -0.1) is 0 Å². The Balaban J connectivity index is 1.64. The molecule has 1 saturated heterocycles. The van der Waals surface area contributed by atoms with Crippen LogP contribution in [0.5, 0.6) is 11.5 Å². The highest BCUT2D eigenvalue weighted by Gasteiger charge is 2.43. The molecule has 0 bridgehead atoms. The van der Waals surface area contributed by atoms with E-state index in [1.807, 2.05) is 6.07 Å². The number of carbonyl (C=O) groups is 1. The third kappa shape index (κ3) is 2.75. The highest BCUT2D eigenvalue weighted by Crippen LogP contribution is 2.43. The second-order valence-corrected chi connectivity index (χ2v) is 7.42. The maximum atomic E-state index is 12.3. The van der Waals surface area contributed by atoms with E-state index in [9.17, 15) is 4.79 Å². The molecule has 1 spiro atoms. The lowest BCUT2D eigenvalue weighted by Gasteiger charge is -2.46. The van der Waals surface area contributed by atoms with Gasteiger partial charge in [0.15, 0.2) is 11.5 Å². The molecule has 1 N–H and O–H groups in total. The molecule has 0 radical (unpaired) electrons. The average Bonchev–Trinajstić information content (AvgIpc) is 3.40. The highest BCUT2D eigenvalue weighted by atomic mass is 16.5. The fraction of sp³-hybridized carbons (Fsp3) is 0.632. The van der Waals surface area contributed by atoms with E-state index in [-0.39, 0.29) is 11.4 Å². The molecule has 24 heavy (non-hydrogen) atoms. The molecule has 2 fully saturated rings. The summed E-state index contributed by atoms with van der Waals surface area (Å²) >= 11 is 0. The molecule has 4 rings (SSSR count). The number of piperidine rings is 1. The third-order valence-electron chi connectivity index (χ3n) is 5.78. The zero-order valence-electron chi connectivity index (χ0n) is 14.6. The van der Waals surface area contributed by atoms with E-state index in [0.29, 0.717) is 12.2 Å². The lowest BCUT2D eigenvalue weighted by atomic mass is 9.75. The van der Waals surface area contributed by atoms with Gasteiger partial charge in [0.2, 0.25) is 5.91 Å². The van der Waals surface area contributed by atoms with Crippen molar-refractivity contribution >= 4 is 5.91 Å². The fourth-order valence-corrected chi connectivity index (χ4v) is 4.24. The third-order valence-corrected chi connectivity index (χ3v) is 5.78. The summed E-state index contributed by atoms with van der Waals surface area (Å²) in [6, 6.07) is 4.05. The predicted octanol–water partition coefficient (Wildman–Crippen LogP) is 2.08. The number of amides is 1. The van der Waals surface area contributed by atoms with Crippen molar-refractivity contribution in [3.8, 4) is 11.5 Å². The molecule has 0 atom stereocenters. The van der Waals surface area contributed by atoms with Crippen molar-refractivity contribution in [3.63, 3.8) is 0 Å². The highest BCUT2D eigenvalue weighted by molar-refractivity contribution is 5.83. The summed E-state index contributed by atoms with van der Waals surface area (Å²) < 4.78 is 10.9. The van der Waals surface area contributed by atoms with Gasteiger partial charge in [0.25, 0.3) is 0 Å². The maximum Gasteiger partial charge on any atom is 0.225 e. The van der Waals surface area contributed by atoms with Gasteiger partial charge in [-0.25, -0.2) is 0 Å². The number of hydrogen-bond acceptors (Lipinski definition) is 4. The molecule has 1 aliphatic carbocycles. The van der Waals surface area contributed by atoms with Crippen LogP contribution in [0.15, 0.2) is 12.1 Å². The van der Waals surface area contributed by atoms with Crippen LogP contribution in [0.25, 0.3) is 0 Å². The number of ether oxygens (including phenoxy) is 2. The number of methoxy groups -OCH3 is 2. The Morgan fingerprint density at radius 2 is 1.83 bits per heavy atom. The molecule has 5 heteroatoms. The van der Waals surface area contributed by atoms with E-state index in [1.54, 1.807) is 14.2 Å². The minimum atomic E-state index is -0.246. The number of hydrogen-bond donors (Lipinski definition) is 1. The van der Waals surface area contributed by atoms with Gasteiger partial charge in [0.05, 0.1) is 26.2 Å². The van der Waals surface area contributed by atoms with Crippen molar-refractivity contribution < 1.29 is 14.3 Å². The fourth-order valence-electron chi connectivity index (χ4n) is 4.24. The zero-order chi connectivity index (χ0) is 16.7. The largest absolute Gasteiger partial charge is 0.493 e. The van der Waals surface area contributed by atoms with Gasteiger partial charge >= 0.3 is 0 Å². The van der Waals surface area contributed by atoms with Crippen molar-refractivity contribution in [1.82, 2.24) is 10.2 Å². The normalized spacial score (nSPS) is 22.8. The first-order valence-electron chi connectivity index (χ1n) is 8.92. The molecule has 0 unspecified atom stereocenters. The van der Waals surface area contributed by atoms with Crippen LogP contribution in [0.2, 0.25) is 0 Å². The van der Waals surface area contributed by atoms with E-state index >= 15 is 0 Å². The second kappa shape index (κ2) is 5.96. The van der Waals surface area contributed by atoms with Crippen molar-refractivity contribution in [1.29, 1.82) is 0 Å². The molecular weight excluding hydrogens is 304 g/mol. The molecule has 130 valence electrons. The Bertz CT molecular complexity index is 646. The van der Waals surface area contributed by atoms with Crippen LogP contribution in [-0.4, -0.2) is 44.7 Å². The summed E-state index contributed by atoms with van der Waals surface area (Å²) in [5, 5.41) is 3.30. The number of carbonyl (C=O) groups excluding carboxylic acids is 1. The summed E-state index contributed by atoms with van der Waals surface area (Å²) in [5.74, 6) is 2.47. The van der Waals surface area contributed by atoms with Gasteiger partial charge in [-0.3, -0.25) is 4.79 Å². The van der Waals surface area contributed by atoms with Crippen LogP contribution in [0.1, 0.15) is 36.8 Å². The van der Waals surface area contributed by atoms with Crippen molar-refractivity contribution in [2.75, 3.05) is 33.9 Å². The van der Waals surface area contributed by atoms with E-state index in [4.69, 9.17) is 9.47 Å². The Kier molecular flexibility index (Phi) is 3.91. The molecule has 5 nitrogen and oxygen atoms in total. The summed E-state index contributed by atoms with van der Waals surface area (Å²) in [5.41, 5.74) is 2.04. The Morgan fingerprint density at radius 1 is 1.17 bits per heavy atom. The first-order chi connectivity index (χ1) is 11.6. The summed E-state index contributed by atoms with van der Waals surface area (Å²) in [6.45, 7) is 3.32. The van der Waals surface area contributed by atoms with Gasteiger partial charge in [-0.2, -0.15) is 0 Å². The minimum Gasteiger partial charge on any atom is -0.493 e. The Hall–Kier alpha value is -1.75. The van der Waals surface area contributed by atoms with E-state index < -0.39 is 0 Å². The van der Waals surface area contributed by atoms with Crippen molar-refractivity contribution in [2.24, 2.45) is 5.92 Å². The summed E-state index contributed by atoms with van der Waals surface area (Å²) in [4.78, 5) is 14.9. The second-order valence-electron chi connectivity index (χ2n) is 7.42. The topological polar surface area (TPSA) is 50.8 Å². The van der Waals surface area contributed by atoms with Gasteiger partial charge < -0.3 is 19.7 Å². The number of benzene rings is 1. The molecule has 1 amide bonds. The first kappa shape index (κ1) is 15.8. The van der Waals surface area contributed by atoms with E-state index in [1.165, 1.54) is 24.9 Å². The summed E-state index contributed by atoms with van der Waals surface area (Å²) in [6.07, 6.45) is 5.13. The van der Waals surface area contributed by atoms with Crippen LogP contribution < -0.4 is 14.8 Å². The number of fused-ring (bicyclic) bond motifs is 2. The Morgan fingerprint density at radius 3 is 2.46 bits per heavy atom. The zero-order valence-corrected chi connectivity index (χ0v) is 14.6. The molecule has 3 aliphatic rings. The standard InChI is InChI=1S/C19H26N2O3/c1-23-16-9-14-10-18(22)20-19(15(14)11-17(16)24-2)5-7-21(8-6-19)12-13-3-4-13/h9,11,13H,3-8,10,12H2,1-2H3,(H,20,22). The van der Waals surface area contributed by atoms with Crippen molar-refractivity contribution in [3.05, 3.63) is 23.3 Å². The van der Waals surface area contributed by atoms with Gasteiger partial charge in [-0.05, 0) is 54.9 Å². The lowest BCUT2D eigenvalue weighted by molar-refractivity contribution is -0.124. The first-order valence-corrected chi connectivity index (χ1v) is 8.92. The average molecular weight is 330 g/mol. The smallest absolute Gasteiger partial charge is 0.225 e. The predicted molar refractivity (Wildman–Crippen MR) is 91.5 cm³/mol. The number of nitrogens with one attached hydrogen (secondary N) is 1. The SMILES string of the molecule is COc1cc2c(cc1OC)C1(CCN(CC3CC3)CC1)NC(=O)C2. The van der Waals surface area contributed by atoms with Crippen molar-refractivity contribution in [2.45, 2.75) is 37.6 Å². The van der Waals surface area contributed by atoms with Crippen LogP contribution >= 0.6 is 0 Å². The van der Waals surface area contributed by atoms with Gasteiger partial charge in [-0.1, -0.05) is 0 Å². The number of nitrogens with zero attached hydrogens (tertiary/aromatic N) is 1. The monoisotopic (exact) mass is 330 g/mol. The minimum absolute atomic E-state index is 0.116. The van der Waals surface area contributed by atoms with Gasteiger partial charge in [0.1, 0.15) is 0 Å². The van der Waals surface area contributed by atoms with Crippen LogP contribution in [-0.2, 0) is 16.8 Å². The molecular formula is C19H26N2O3. The van der Waals surface area contributed by atoms with E-state index in [2.05, 4.69) is 16.3 Å². The molecule has 1 aromatic carbocycles. The van der Waals surface area contributed by atoms with Crippen LogP contribution in [0, 0.1) is 5.92 Å². The molecule has 2 aliphatic heterocycles.